The average molecular weight is 348 g/mol. The van der Waals surface area contributed by atoms with Gasteiger partial charge in [0.2, 0.25) is 0 Å². The van der Waals surface area contributed by atoms with Crippen molar-refractivity contribution in [2.24, 2.45) is 0 Å². The van der Waals surface area contributed by atoms with Gasteiger partial charge in [0, 0.05) is 16.1 Å². The molecule has 3 aromatic rings. The lowest BCUT2D eigenvalue weighted by Crippen LogP contribution is -1.90. The molecule has 3 rings (SSSR count). The Labute approximate surface area is 150 Å². The number of Topliss-reactive ketones (excluding diaryl/α,β-unsaturated/α-hetero) is 1. The van der Waals surface area contributed by atoms with Gasteiger partial charge in [0.25, 0.3) is 0 Å². The maximum atomic E-state index is 11.3. The van der Waals surface area contributed by atoms with Crippen LogP contribution in [-0.4, -0.2) is 5.78 Å². The minimum atomic E-state index is 0.0243. The molecule has 0 aliphatic heterocycles. The zero-order valence-electron chi connectivity index (χ0n) is 13.5. The van der Waals surface area contributed by atoms with Crippen LogP contribution < -0.4 is 0 Å². The molecule has 122 valence electrons. The predicted octanol–water partition coefficient (Wildman–Crippen LogP) is 5.87. The number of allylic oxidation sites excluding steroid dienone is 1. The fourth-order valence-electron chi connectivity index (χ4n) is 2.41. The Kier molecular flexibility index (Phi) is 4.83. The van der Waals surface area contributed by atoms with Gasteiger partial charge in [-0.15, -0.1) is 0 Å². The van der Waals surface area contributed by atoms with Crippen LogP contribution >= 0.6 is 11.6 Å². The van der Waals surface area contributed by atoms with E-state index in [4.69, 9.17) is 16.0 Å². The van der Waals surface area contributed by atoms with Crippen LogP contribution in [0, 0.1) is 11.3 Å². The lowest BCUT2D eigenvalue weighted by Gasteiger charge is -2.00. The third-order valence-corrected chi connectivity index (χ3v) is 4.02. The molecule has 3 nitrogen and oxygen atoms in total. The summed E-state index contributed by atoms with van der Waals surface area (Å²) in [6.45, 7) is 1.53. The van der Waals surface area contributed by atoms with E-state index in [-0.39, 0.29) is 5.78 Å². The van der Waals surface area contributed by atoms with E-state index in [9.17, 15) is 10.1 Å². The van der Waals surface area contributed by atoms with E-state index in [1.165, 1.54) is 6.92 Å². The zero-order valence-corrected chi connectivity index (χ0v) is 14.2. The molecular formula is C21H14ClNO2. The molecule has 0 atom stereocenters. The van der Waals surface area contributed by atoms with Gasteiger partial charge in [-0.25, -0.2) is 0 Å². The van der Waals surface area contributed by atoms with E-state index in [0.717, 1.165) is 11.1 Å². The number of halogens is 1. The molecule has 0 aliphatic rings. The molecule has 25 heavy (non-hydrogen) atoms. The van der Waals surface area contributed by atoms with Gasteiger partial charge < -0.3 is 4.42 Å². The smallest absolute Gasteiger partial charge is 0.159 e. The Morgan fingerprint density at radius 2 is 1.64 bits per heavy atom. The topological polar surface area (TPSA) is 54.0 Å². The number of furan rings is 1. The van der Waals surface area contributed by atoms with Gasteiger partial charge in [-0.3, -0.25) is 4.79 Å². The third-order valence-electron chi connectivity index (χ3n) is 3.77. The summed E-state index contributed by atoms with van der Waals surface area (Å²) in [6.07, 6.45) is 1.69. The van der Waals surface area contributed by atoms with Gasteiger partial charge in [-0.2, -0.15) is 5.26 Å². The first-order valence-electron chi connectivity index (χ1n) is 7.66. The Bertz CT molecular complexity index is 974. The van der Waals surface area contributed by atoms with Crippen molar-refractivity contribution in [3.05, 3.63) is 82.6 Å². The number of ketones is 1. The van der Waals surface area contributed by atoms with Crippen LogP contribution in [0.5, 0.6) is 0 Å². The van der Waals surface area contributed by atoms with Gasteiger partial charge >= 0.3 is 0 Å². The van der Waals surface area contributed by atoms with Crippen LogP contribution in [0.4, 0.5) is 0 Å². The number of benzene rings is 2. The highest BCUT2D eigenvalue weighted by atomic mass is 35.5. The Balaban J connectivity index is 1.88. The number of nitriles is 1. The van der Waals surface area contributed by atoms with Crippen LogP contribution in [0.1, 0.15) is 28.6 Å². The number of rotatable bonds is 4. The van der Waals surface area contributed by atoms with Crippen molar-refractivity contribution >= 4 is 29.0 Å². The SMILES string of the molecule is CC(=O)c1ccc(-c2ccc(/C=C(/C#N)c3ccc(Cl)cc3)o2)cc1. The molecule has 2 aromatic carbocycles. The molecule has 0 saturated heterocycles. The summed E-state index contributed by atoms with van der Waals surface area (Å²) in [6, 6.07) is 20.1. The monoisotopic (exact) mass is 347 g/mol. The summed E-state index contributed by atoms with van der Waals surface area (Å²) in [5, 5.41) is 10.0. The highest BCUT2D eigenvalue weighted by molar-refractivity contribution is 6.30. The second-order valence-corrected chi connectivity index (χ2v) is 5.95. The van der Waals surface area contributed by atoms with Crippen molar-refractivity contribution in [2.75, 3.05) is 0 Å². The van der Waals surface area contributed by atoms with Gasteiger partial charge in [0.05, 0.1) is 11.6 Å². The van der Waals surface area contributed by atoms with E-state index < -0.39 is 0 Å². The summed E-state index contributed by atoms with van der Waals surface area (Å²) in [5.41, 5.74) is 2.79. The molecule has 0 saturated carbocycles. The molecule has 0 aliphatic carbocycles. The number of nitrogens with zero attached hydrogens (tertiary/aromatic N) is 1. The number of carbonyl (C=O) groups is 1. The van der Waals surface area contributed by atoms with E-state index in [2.05, 4.69) is 6.07 Å². The number of hydrogen-bond donors (Lipinski definition) is 0. The molecule has 0 fully saturated rings. The normalized spacial score (nSPS) is 11.2. The zero-order chi connectivity index (χ0) is 17.8. The second-order valence-electron chi connectivity index (χ2n) is 5.51. The largest absolute Gasteiger partial charge is 0.457 e. The van der Waals surface area contributed by atoms with Gasteiger partial charge in [0.15, 0.2) is 5.78 Å². The molecule has 0 bridgehead atoms. The minimum absolute atomic E-state index is 0.0243. The Morgan fingerprint density at radius 1 is 1.00 bits per heavy atom. The van der Waals surface area contributed by atoms with E-state index in [0.29, 0.717) is 27.7 Å². The summed E-state index contributed by atoms with van der Waals surface area (Å²) < 4.78 is 5.81. The maximum Gasteiger partial charge on any atom is 0.159 e. The summed E-state index contributed by atoms with van der Waals surface area (Å²) in [5.74, 6) is 1.28. The first-order chi connectivity index (χ1) is 12.1. The molecule has 0 amide bonds. The molecule has 0 N–H and O–H groups in total. The predicted molar refractivity (Wildman–Crippen MR) is 99.1 cm³/mol. The average Bonchev–Trinajstić information content (AvgIpc) is 3.09. The van der Waals surface area contributed by atoms with Crippen LogP contribution in [-0.2, 0) is 0 Å². The molecule has 0 unspecified atom stereocenters. The van der Waals surface area contributed by atoms with Crippen LogP contribution in [0.25, 0.3) is 23.0 Å². The summed E-state index contributed by atoms with van der Waals surface area (Å²) in [4.78, 5) is 11.3. The quantitative estimate of drug-likeness (QED) is 0.438. The van der Waals surface area contributed by atoms with Crippen molar-refractivity contribution in [3.8, 4) is 17.4 Å². The first-order valence-corrected chi connectivity index (χ1v) is 8.03. The van der Waals surface area contributed by atoms with Crippen LogP contribution in [0.15, 0.2) is 65.1 Å². The summed E-state index contributed by atoms with van der Waals surface area (Å²) >= 11 is 5.88. The number of carbonyl (C=O) groups excluding carboxylic acids is 1. The van der Waals surface area contributed by atoms with Crippen molar-refractivity contribution in [2.45, 2.75) is 6.92 Å². The van der Waals surface area contributed by atoms with Gasteiger partial charge in [-0.05, 0) is 42.8 Å². The van der Waals surface area contributed by atoms with Gasteiger partial charge in [-0.1, -0.05) is 48.0 Å². The molecule has 0 spiro atoms. The maximum absolute atomic E-state index is 11.3. The molecular weight excluding hydrogens is 334 g/mol. The molecule has 1 heterocycles. The lowest BCUT2D eigenvalue weighted by molar-refractivity contribution is 0.101. The molecule has 4 heteroatoms. The van der Waals surface area contributed by atoms with Crippen molar-refractivity contribution in [1.29, 1.82) is 5.26 Å². The summed E-state index contributed by atoms with van der Waals surface area (Å²) in [7, 11) is 0. The lowest BCUT2D eigenvalue weighted by atomic mass is 10.1. The fourth-order valence-corrected chi connectivity index (χ4v) is 2.53. The number of hydrogen-bond acceptors (Lipinski definition) is 3. The molecule has 1 aromatic heterocycles. The van der Waals surface area contributed by atoms with Crippen LogP contribution in [0.2, 0.25) is 5.02 Å². The third kappa shape index (κ3) is 3.88. The highest BCUT2D eigenvalue weighted by Crippen LogP contribution is 2.26. The first kappa shape index (κ1) is 16.8. The van der Waals surface area contributed by atoms with Gasteiger partial charge in [0.1, 0.15) is 11.5 Å². The Hall–Kier alpha value is -3.09. The van der Waals surface area contributed by atoms with Crippen molar-refractivity contribution in [3.63, 3.8) is 0 Å². The van der Waals surface area contributed by atoms with E-state index in [1.807, 2.05) is 24.3 Å². The second kappa shape index (κ2) is 7.21. The minimum Gasteiger partial charge on any atom is -0.457 e. The van der Waals surface area contributed by atoms with Crippen molar-refractivity contribution < 1.29 is 9.21 Å². The molecule has 0 radical (unpaired) electrons. The highest BCUT2D eigenvalue weighted by Gasteiger charge is 2.07. The van der Waals surface area contributed by atoms with E-state index in [1.54, 1.807) is 42.5 Å². The van der Waals surface area contributed by atoms with E-state index >= 15 is 0 Å². The van der Waals surface area contributed by atoms with Crippen molar-refractivity contribution in [1.82, 2.24) is 0 Å². The standard InChI is InChI=1S/C21H14ClNO2/c1-14(24)15-2-4-17(5-3-15)21-11-10-20(25-21)12-18(13-23)16-6-8-19(22)9-7-16/h2-12H,1H3/b18-12-. The van der Waals surface area contributed by atoms with Crippen LogP contribution in [0.3, 0.4) is 0 Å². The fraction of sp³-hybridized carbons (Fsp3) is 0.0476. The Morgan fingerprint density at radius 3 is 2.24 bits per heavy atom.